The molecule has 5 nitrogen and oxygen atoms in total. The average Bonchev–Trinajstić information content (AvgIpc) is 2.36. The van der Waals surface area contributed by atoms with Gasteiger partial charge in [0, 0.05) is 12.0 Å². The van der Waals surface area contributed by atoms with Crippen molar-refractivity contribution in [2.24, 2.45) is 0 Å². The number of nitrogens with zero attached hydrogens (tertiary/aromatic N) is 1. The van der Waals surface area contributed by atoms with Gasteiger partial charge in [0.1, 0.15) is 11.4 Å². The third-order valence-electron chi connectivity index (χ3n) is 2.70. The van der Waals surface area contributed by atoms with Crippen LogP contribution in [-0.4, -0.2) is 22.5 Å². The number of carbonyl (C=O) groups excluding carboxylic acids is 1. The fourth-order valence-electron chi connectivity index (χ4n) is 1.45. The summed E-state index contributed by atoms with van der Waals surface area (Å²) in [5, 5.41) is 20.0. The Labute approximate surface area is 109 Å². The summed E-state index contributed by atoms with van der Waals surface area (Å²) in [5.41, 5.74) is -1.37. The lowest BCUT2D eigenvalue weighted by molar-refractivity contribution is -0.144. The summed E-state index contributed by atoms with van der Waals surface area (Å²) in [6, 6.07) is 6.58. The smallest absolute Gasteiger partial charge is 0.329 e. The molecule has 1 rings (SSSR count). The number of hydrogen-bond acceptors (Lipinski definition) is 3. The van der Waals surface area contributed by atoms with Crippen LogP contribution in [0.1, 0.15) is 30.1 Å². The summed E-state index contributed by atoms with van der Waals surface area (Å²) in [5.74, 6) is -2.33. The maximum Gasteiger partial charge on any atom is 0.329 e. The summed E-state index contributed by atoms with van der Waals surface area (Å²) in [4.78, 5) is 23.0. The van der Waals surface area contributed by atoms with Gasteiger partial charge in [0.25, 0.3) is 5.91 Å². The summed E-state index contributed by atoms with van der Waals surface area (Å²) < 4.78 is 12.7. The van der Waals surface area contributed by atoms with Crippen LogP contribution in [0.3, 0.4) is 0 Å². The van der Waals surface area contributed by atoms with Gasteiger partial charge < -0.3 is 10.4 Å². The van der Waals surface area contributed by atoms with Crippen molar-refractivity contribution >= 4 is 11.9 Å². The first-order valence-corrected chi connectivity index (χ1v) is 5.57. The van der Waals surface area contributed by atoms with Crippen molar-refractivity contribution in [3.05, 3.63) is 35.6 Å². The van der Waals surface area contributed by atoms with Crippen molar-refractivity contribution < 1.29 is 19.1 Å². The number of rotatable bonds is 5. The van der Waals surface area contributed by atoms with E-state index in [2.05, 4.69) is 5.32 Å². The van der Waals surface area contributed by atoms with E-state index in [0.29, 0.717) is 0 Å². The van der Waals surface area contributed by atoms with Crippen LogP contribution in [0.25, 0.3) is 0 Å². The fraction of sp³-hybridized carbons (Fsp3) is 0.308. The number of aliphatic carboxylic acids is 1. The molecule has 1 atom stereocenters. The molecule has 0 aliphatic heterocycles. The van der Waals surface area contributed by atoms with Gasteiger partial charge in [0.2, 0.25) is 0 Å². The minimum absolute atomic E-state index is 0.00645. The average molecular weight is 264 g/mol. The number of carboxylic acid groups (broad SMARTS) is 1. The number of nitrogens with one attached hydrogen (secondary N) is 1. The maximum absolute atomic E-state index is 12.7. The van der Waals surface area contributed by atoms with E-state index < -0.39 is 23.2 Å². The van der Waals surface area contributed by atoms with E-state index in [1.807, 2.05) is 6.07 Å². The lowest BCUT2D eigenvalue weighted by Crippen LogP contribution is -2.52. The zero-order chi connectivity index (χ0) is 14.5. The largest absolute Gasteiger partial charge is 0.480 e. The molecule has 2 N–H and O–H groups in total. The summed E-state index contributed by atoms with van der Waals surface area (Å²) in [7, 11) is 0. The lowest BCUT2D eigenvalue weighted by Gasteiger charge is -2.25. The maximum atomic E-state index is 12.7. The Hall–Kier alpha value is -2.42. The summed E-state index contributed by atoms with van der Waals surface area (Å²) in [6.07, 6.45) is -0.00172. The van der Waals surface area contributed by atoms with Gasteiger partial charge in [-0.05, 0) is 37.6 Å². The van der Waals surface area contributed by atoms with Gasteiger partial charge in [-0.15, -0.1) is 0 Å². The van der Waals surface area contributed by atoms with Crippen LogP contribution in [0.4, 0.5) is 4.39 Å². The molecule has 0 aromatic heterocycles. The summed E-state index contributed by atoms with van der Waals surface area (Å²) in [6.45, 7) is 1.33. The zero-order valence-corrected chi connectivity index (χ0v) is 10.3. The monoisotopic (exact) mass is 264 g/mol. The molecule has 19 heavy (non-hydrogen) atoms. The van der Waals surface area contributed by atoms with Gasteiger partial charge in [-0.3, -0.25) is 4.79 Å². The number of nitriles is 1. The third kappa shape index (κ3) is 3.78. The molecule has 0 bridgehead atoms. The predicted molar refractivity (Wildman–Crippen MR) is 64.8 cm³/mol. The Bertz CT molecular complexity index is 522. The number of carboxylic acids is 1. The highest BCUT2D eigenvalue weighted by molar-refractivity contribution is 5.97. The molecule has 0 saturated carbocycles. The van der Waals surface area contributed by atoms with Crippen molar-refractivity contribution in [1.29, 1.82) is 5.26 Å². The van der Waals surface area contributed by atoms with Crippen LogP contribution in [-0.2, 0) is 4.79 Å². The molecule has 0 fully saturated rings. The van der Waals surface area contributed by atoms with Crippen LogP contribution in [0.2, 0.25) is 0 Å². The number of benzene rings is 1. The van der Waals surface area contributed by atoms with Crippen LogP contribution in [0, 0.1) is 17.1 Å². The first-order chi connectivity index (χ1) is 8.89. The highest BCUT2D eigenvalue weighted by Gasteiger charge is 2.34. The number of halogens is 1. The molecule has 100 valence electrons. The molecule has 0 radical (unpaired) electrons. The van der Waals surface area contributed by atoms with Crippen molar-refractivity contribution in [3.8, 4) is 6.07 Å². The van der Waals surface area contributed by atoms with Crippen molar-refractivity contribution in [2.45, 2.75) is 25.3 Å². The molecule has 1 aromatic rings. The number of hydrogen-bond donors (Lipinski definition) is 2. The minimum atomic E-state index is -1.53. The van der Waals surface area contributed by atoms with Crippen molar-refractivity contribution in [2.75, 3.05) is 0 Å². The highest BCUT2D eigenvalue weighted by Crippen LogP contribution is 2.14. The van der Waals surface area contributed by atoms with Gasteiger partial charge in [-0.25, -0.2) is 9.18 Å². The molecule has 6 heteroatoms. The predicted octanol–water partition coefficient (Wildman–Crippen LogP) is 1.70. The molecule has 0 saturated heterocycles. The van der Waals surface area contributed by atoms with Gasteiger partial charge in [0.05, 0.1) is 6.07 Å². The van der Waals surface area contributed by atoms with Gasteiger partial charge in [0.15, 0.2) is 0 Å². The third-order valence-corrected chi connectivity index (χ3v) is 2.70. The van der Waals surface area contributed by atoms with Crippen LogP contribution >= 0.6 is 0 Å². The topological polar surface area (TPSA) is 90.2 Å². The van der Waals surface area contributed by atoms with E-state index in [9.17, 15) is 14.0 Å². The first kappa shape index (κ1) is 14.6. The molecule has 0 aliphatic carbocycles. The first-order valence-electron chi connectivity index (χ1n) is 5.57. The molecular weight excluding hydrogens is 251 g/mol. The fourth-order valence-corrected chi connectivity index (χ4v) is 1.45. The van der Waals surface area contributed by atoms with E-state index in [1.54, 1.807) is 0 Å². The van der Waals surface area contributed by atoms with E-state index >= 15 is 0 Å². The Morgan fingerprint density at radius 2 is 2.00 bits per heavy atom. The standard InChI is InChI=1S/C13H13FN2O3/c1-13(12(18)19,7-2-8-15)16-11(17)9-3-5-10(14)6-4-9/h3-6H,2,7H2,1H3,(H,16,17)(H,18,19). The normalized spacial score (nSPS) is 13.1. The molecule has 1 amide bonds. The quantitative estimate of drug-likeness (QED) is 0.846. The molecule has 0 aliphatic rings. The second kappa shape index (κ2) is 5.96. The summed E-state index contributed by atoms with van der Waals surface area (Å²) >= 11 is 0. The minimum Gasteiger partial charge on any atom is -0.480 e. The van der Waals surface area contributed by atoms with Crippen molar-refractivity contribution in [3.63, 3.8) is 0 Å². The molecule has 1 aromatic carbocycles. The van der Waals surface area contributed by atoms with Gasteiger partial charge >= 0.3 is 5.97 Å². The Balaban J connectivity index is 2.85. The molecule has 1 unspecified atom stereocenters. The molecular formula is C13H13FN2O3. The van der Waals surface area contributed by atoms with Crippen LogP contribution in [0.5, 0.6) is 0 Å². The van der Waals surface area contributed by atoms with Crippen molar-refractivity contribution in [1.82, 2.24) is 5.32 Å². The van der Waals surface area contributed by atoms with E-state index in [0.717, 1.165) is 12.1 Å². The second-order valence-corrected chi connectivity index (χ2v) is 4.26. The van der Waals surface area contributed by atoms with Crippen LogP contribution < -0.4 is 5.32 Å². The number of carbonyl (C=O) groups is 2. The Kier molecular flexibility index (Phi) is 4.59. The number of amides is 1. The Morgan fingerprint density at radius 3 is 2.47 bits per heavy atom. The molecule has 0 heterocycles. The lowest BCUT2D eigenvalue weighted by atomic mass is 9.95. The van der Waals surface area contributed by atoms with E-state index in [1.165, 1.54) is 19.1 Å². The van der Waals surface area contributed by atoms with E-state index in [-0.39, 0.29) is 18.4 Å². The van der Waals surface area contributed by atoms with Gasteiger partial charge in [-0.2, -0.15) is 5.26 Å². The van der Waals surface area contributed by atoms with Crippen LogP contribution in [0.15, 0.2) is 24.3 Å². The zero-order valence-electron chi connectivity index (χ0n) is 10.3. The Morgan fingerprint density at radius 1 is 1.42 bits per heavy atom. The highest BCUT2D eigenvalue weighted by atomic mass is 19.1. The van der Waals surface area contributed by atoms with E-state index in [4.69, 9.17) is 10.4 Å². The SMILES string of the molecule is CC(CCC#N)(NC(=O)c1ccc(F)cc1)C(=O)O. The second-order valence-electron chi connectivity index (χ2n) is 4.26. The van der Waals surface area contributed by atoms with Gasteiger partial charge in [-0.1, -0.05) is 0 Å². The molecule has 0 spiro atoms.